The quantitative estimate of drug-likeness (QED) is 0.259. The summed E-state index contributed by atoms with van der Waals surface area (Å²) < 4.78 is 5.95. The van der Waals surface area contributed by atoms with Crippen LogP contribution < -0.4 is 10.1 Å². The molecule has 8 heteroatoms. The van der Waals surface area contributed by atoms with Crippen LogP contribution in [0.5, 0.6) is 5.75 Å². The molecule has 1 N–H and O–H groups in total. The minimum Gasteiger partial charge on any atom is -0.484 e. The Morgan fingerprint density at radius 1 is 0.950 bits per heavy atom. The largest absolute Gasteiger partial charge is 0.484 e. The predicted molar refractivity (Wildman–Crippen MR) is 162 cm³/mol. The van der Waals surface area contributed by atoms with Crippen molar-refractivity contribution in [3.05, 3.63) is 98.0 Å². The van der Waals surface area contributed by atoms with Gasteiger partial charge in [0.15, 0.2) is 6.61 Å². The number of rotatable bonds is 10. The number of hydrogen-bond donors (Lipinski definition) is 1. The average Bonchev–Trinajstić information content (AvgIpc) is 2.94. The first-order valence-corrected chi connectivity index (χ1v) is 14.8. The molecule has 1 fully saturated rings. The molecule has 3 aromatic rings. The molecule has 1 unspecified atom stereocenters. The Labute approximate surface area is 251 Å². The number of aryl methyl sites for hydroxylation is 2. The molecule has 1 saturated carbocycles. The number of halogens is 3. The van der Waals surface area contributed by atoms with Crippen molar-refractivity contribution in [3.8, 4) is 5.75 Å². The Morgan fingerprint density at radius 3 is 2.27 bits per heavy atom. The van der Waals surface area contributed by atoms with Gasteiger partial charge in [-0.05, 0) is 73.2 Å². The molecule has 1 aliphatic rings. The molecule has 1 aliphatic carbocycles. The van der Waals surface area contributed by atoms with Crippen molar-refractivity contribution in [2.24, 2.45) is 0 Å². The fraction of sp³-hybridized carbons (Fsp3) is 0.375. The van der Waals surface area contributed by atoms with Crippen LogP contribution in [-0.4, -0.2) is 35.4 Å². The molecule has 3 aromatic carbocycles. The summed E-state index contributed by atoms with van der Waals surface area (Å²) in [6.07, 6.45) is 5.60. The van der Waals surface area contributed by atoms with Crippen LogP contribution in [0.2, 0.25) is 15.1 Å². The van der Waals surface area contributed by atoms with Crippen LogP contribution in [0.3, 0.4) is 0 Å². The smallest absolute Gasteiger partial charge is 0.261 e. The molecule has 4 rings (SSSR count). The minimum atomic E-state index is -0.763. The second-order valence-electron chi connectivity index (χ2n) is 10.5. The third-order valence-corrected chi connectivity index (χ3v) is 8.53. The maximum absolute atomic E-state index is 13.9. The van der Waals surface area contributed by atoms with Gasteiger partial charge in [0.05, 0.1) is 0 Å². The minimum absolute atomic E-state index is 0.104. The molecule has 40 heavy (non-hydrogen) atoms. The molecule has 0 aromatic heterocycles. The van der Waals surface area contributed by atoms with Crippen molar-refractivity contribution >= 4 is 46.6 Å². The summed E-state index contributed by atoms with van der Waals surface area (Å²) >= 11 is 19.0. The summed E-state index contributed by atoms with van der Waals surface area (Å²) in [5.41, 5.74) is 3.38. The lowest BCUT2D eigenvalue weighted by molar-refractivity contribution is -0.143. The lowest BCUT2D eigenvalue weighted by atomic mass is 9.94. The number of nitrogens with one attached hydrogen (secondary N) is 1. The van der Waals surface area contributed by atoms with Crippen molar-refractivity contribution < 1.29 is 14.3 Å². The van der Waals surface area contributed by atoms with E-state index < -0.39 is 6.04 Å². The van der Waals surface area contributed by atoms with E-state index >= 15 is 0 Å². The number of carbonyl (C=O) groups excluding carboxylic acids is 2. The molecule has 0 bridgehead atoms. The summed E-state index contributed by atoms with van der Waals surface area (Å²) in [5.74, 6) is 0.0480. The Balaban J connectivity index is 1.64. The van der Waals surface area contributed by atoms with Crippen LogP contribution >= 0.6 is 34.8 Å². The van der Waals surface area contributed by atoms with Crippen LogP contribution in [0.25, 0.3) is 0 Å². The standard InChI is InChI=1S/C32H35Cl3N2O3/c1-21-15-27(16-22(2)31(21)35)40-20-30(38)37(19-24-13-14-25(33)18-28(24)34)29(17-23-9-5-3-6-10-23)32(39)36-26-11-7-4-8-12-26/h3,5-6,9-10,13-16,18,26,29H,4,7-8,11-12,17,19-20H2,1-2H3,(H,36,39). The van der Waals surface area contributed by atoms with E-state index in [4.69, 9.17) is 39.5 Å². The Bertz CT molecular complexity index is 1300. The molecule has 212 valence electrons. The zero-order chi connectivity index (χ0) is 28.6. The zero-order valence-electron chi connectivity index (χ0n) is 22.9. The average molecular weight is 602 g/mol. The number of benzene rings is 3. The summed E-state index contributed by atoms with van der Waals surface area (Å²) in [4.78, 5) is 29.3. The summed E-state index contributed by atoms with van der Waals surface area (Å²) in [7, 11) is 0. The van der Waals surface area contributed by atoms with Crippen LogP contribution in [-0.2, 0) is 22.6 Å². The van der Waals surface area contributed by atoms with Crippen molar-refractivity contribution in [2.75, 3.05) is 6.61 Å². The number of carbonyl (C=O) groups is 2. The Morgan fingerprint density at radius 2 is 1.62 bits per heavy atom. The molecule has 0 aliphatic heterocycles. The SMILES string of the molecule is Cc1cc(OCC(=O)N(Cc2ccc(Cl)cc2Cl)C(Cc2ccccc2)C(=O)NC2CCCCC2)cc(C)c1Cl. The van der Waals surface area contributed by atoms with E-state index in [2.05, 4.69) is 5.32 Å². The van der Waals surface area contributed by atoms with E-state index in [1.54, 1.807) is 35.2 Å². The summed E-state index contributed by atoms with van der Waals surface area (Å²) in [5, 5.41) is 4.83. The first kappa shape index (κ1) is 30.2. The predicted octanol–water partition coefficient (Wildman–Crippen LogP) is 7.73. The van der Waals surface area contributed by atoms with Crippen LogP contribution in [0.1, 0.15) is 54.4 Å². The highest BCUT2D eigenvalue weighted by Gasteiger charge is 2.32. The zero-order valence-corrected chi connectivity index (χ0v) is 25.2. The van der Waals surface area contributed by atoms with Gasteiger partial charge in [0, 0.05) is 34.1 Å². The van der Waals surface area contributed by atoms with E-state index in [1.165, 1.54) is 6.42 Å². The van der Waals surface area contributed by atoms with Crippen molar-refractivity contribution in [2.45, 2.75) is 71.0 Å². The molecule has 5 nitrogen and oxygen atoms in total. The van der Waals surface area contributed by atoms with E-state index in [0.717, 1.165) is 42.4 Å². The number of hydrogen-bond acceptors (Lipinski definition) is 3. The molecule has 2 amide bonds. The third kappa shape index (κ3) is 8.15. The van der Waals surface area contributed by atoms with Gasteiger partial charge >= 0.3 is 0 Å². The molecule has 0 heterocycles. The van der Waals surface area contributed by atoms with E-state index in [9.17, 15) is 9.59 Å². The normalized spacial score (nSPS) is 14.4. The topological polar surface area (TPSA) is 58.6 Å². The van der Waals surface area contributed by atoms with Gasteiger partial charge in [0.25, 0.3) is 5.91 Å². The van der Waals surface area contributed by atoms with Gasteiger partial charge in [-0.2, -0.15) is 0 Å². The second-order valence-corrected chi connectivity index (χ2v) is 11.7. The molecule has 0 saturated heterocycles. The lowest BCUT2D eigenvalue weighted by Gasteiger charge is -2.33. The van der Waals surface area contributed by atoms with Gasteiger partial charge in [-0.25, -0.2) is 0 Å². The van der Waals surface area contributed by atoms with Gasteiger partial charge in [-0.15, -0.1) is 0 Å². The Kier molecular flexibility index (Phi) is 10.8. The fourth-order valence-electron chi connectivity index (χ4n) is 5.15. The highest BCUT2D eigenvalue weighted by Crippen LogP contribution is 2.27. The van der Waals surface area contributed by atoms with E-state index in [0.29, 0.717) is 32.8 Å². The van der Waals surface area contributed by atoms with E-state index in [-0.39, 0.29) is 31.0 Å². The summed E-state index contributed by atoms with van der Waals surface area (Å²) in [6, 6.07) is 17.8. The molecule has 0 spiro atoms. The van der Waals surface area contributed by atoms with Gasteiger partial charge in [-0.3, -0.25) is 9.59 Å². The van der Waals surface area contributed by atoms with Crippen molar-refractivity contribution in [3.63, 3.8) is 0 Å². The summed E-state index contributed by atoms with van der Waals surface area (Å²) in [6.45, 7) is 3.68. The first-order valence-electron chi connectivity index (χ1n) is 13.7. The number of ether oxygens (including phenoxy) is 1. The van der Waals surface area contributed by atoms with Crippen molar-refractivity contribution in [1.29, 1.82) is 0 Å². The van der Waals surface area contributed by atoms with Crippen LogP contribution in [0.15, 0.2) is 60.7 Å². The van der Waals surface area contributed by atoms with Gasteiger partial charge in [-0.1, -0.05) is 90.5 Å². The number of nitrogens with zero attached hydrogens (tertiary/aromatic N) is 1. The second kappa shape index (κ2) is 14.2. The molecular formula is C32H35Cl3N2O3. The highest BCUT2D eigenvalue weighted by molar-refractivity contribution is 6.35. The lowest BCUT2D eigenvalue weighted by Crippen LogP contribution is -2.53. The van der Waals surface area contributed by atoms with E-state index in [1.807, 2.05) is 44.2 Å². The molecule has 0 radical (unpaired) electrons. The van der Waals surface area contributed by atoms with Gasteiger partial charge < -0.3 is 15.0 Å². The molecular weight excluding hydrogens is 567 g/mol. The monoisotopic (exact) mass is 600 g/mol. The maximum Gasteiger partial charge on any atom is 0.261 e. The maximum atomic E-state index is 13.9. The van der Waals surface area contributed by atoms with Crippen LogP contribution in [0.4, 0.5) is 0 Å². The third-order valence-electron chi connectivity index (χ3n) is 7.35. The van der Waals surface area contributed by atoms with Gasteiger partial charge in [0.1, 0.15) is 11.8 Å². The Hall–Kier alpha value is -2.73. The highest BCUT2D eigenvalue weighted by atomic mass is 35.5. The number of amides is 2. The van der Waals surface area contributed by atoms with Crippen molar-refractivity contribution in [1.82, 2.24) is 10.2 Å². The van der Waals surface area contributed by atoms with Crippen LogP contribution in [0, 0.1) is 13.8 Å². The first-order chi connectivity index (χ1) is 19.2. The fourth-order valence-corrected chi connectivity index (χ4v) is 5.73. The van der Waals surface area contributed by atoms with Gasteiger partial charge in [0.2, 0.25) is 5.91 Å². The molecule has 1 atom stereocenters.